The lowest BCUT2D eigenvalue weighted by molar-refractivity contribution is -0.384. The molecule has 0 radical (unpaired) electrons. The van der Waals surface area contributed by atoms with Gasteiger partial charge in [0.2, 0.25) is 0 Å². The largest absolute Gasteiger partial charge is 0.444 e. The first-order valence-electron chi connectivity index (χ1n) is 11.4. The molecular weight excluding hydrogens is 470 g/mol. The number of nitrogens with zero attached hydrogens (tertiary/aromatic N) is 3. The Bertz CT molecular complexity index is 984. The Kier molecular flexibility index (Phi) is 8.37. The number of amides is 1. The zero-order valence-electron chi connectivity index (χ0n) is 20.4. The highest BCUT2D eigenvalue weighted by atomic mass is 32.2. The minimum absolute atomic E-state index is 0.00186. The van der Waals surface area contributed by atoms with E-state index in [1.165, 1.54) is 12.1 Å². The van der Waals surface area contributed by atoms with Crippen LogP contribution in [0.1, 0.15) is 32.8 Å². The van der Waals surface area contributed by atoms with Crippen molar-refractivity contribution < 1.29 is 18.9 Å². The van der Waals surface area contributed by atoms with E-state index in [0.29, 0.717) is 17.9 Å². The average molecular weight is 504 g/mol. The fraction of sp³-hybridized carbons (Fsp3) is 0.500. The van der Waals surface area contributed by atoms with E-state index in [0.717, 1.165) is 11.3 Å². The molecule has 3 rings (SSSR count). The quantitative estimate of drug-likeness (QED) is 0.204. The number of carbonyl (C=O) groups excluding carboxylic acids is 1. The molecule has 2 aromatic rings. The standard InChI is InChI=1S/C24H33N3O5SSi/c1-23(2,3)19-14-24(32-34(4)5,17-33-21-10-12-25-13-11-21)26(15-19)22(28)31-16-18-6-8-20(9-7-18)27(29)30/h6-13,19,34H,14-17H2,1-5H3/t19-,24-/m0/s1. The van der Waals surface area contributed by atoms with Gasteiger partial charge in [-0.3, -0.25) is 20.0 Å². The normalized spacial score (nSPS) is 20.5. The Morgan fingerprint density at radius 1 is 1.24 bits per heavy atom. The number of benzene rings is 1. The second-order valence-corrected chi connectivity index (χ2v) is 13.3. The molecule has 0 saturated carbocycles. The van der Waals surface area contributed by atoms with Crippen LogP contribution in [0.2, 0.25) is 13.1 Å². The third-order valence-corrected chi connectivity index (χ3v) is 8.10. The summed E-state index contributed by atoms with van der Waals surface area (Å²) in [6, 6.07) is 9.96. The summed E-state index contributed by atoms with van der Waals surface area (Å²) < 4.78 is 12.3. The smallest absolute Gasteiger partial charge is 0.412 e. The lowest BCUT2D eigenvalue weighted by Gasteiger charge is -2.39. The van der Waals surface area contributed by atoms with Crippen molar-refractivity contribution >= 4 is 32.6 Å². The third-order valence-electron chi connectivity index (χ3n) is 5.98. The number of carbonyl (C=O) groups is 1. The maximum absolute atomic E-state index is 13.4. The van der Waals surface area contributed by atoms with Gasteiger partial charge >= 0.3 is 6.09 Å². The van der Waals surface area contributed by atoms with Gasteiger partial charge in [0.05, 0.1) is 4.92 Å². The summed E-state index contributed by atoms with van der Waals surface area (Å²) in [7, 11) is -1.51. The molecule has 0 N–H and O–H groups in total. The summed E-state index contributed by atoms with van der Waals surface area (Å²) in [6.45, 7) is 11.4. The lowest BCUT2D eigenvalue weighted by Crippen LogP contribution is -2.53. The fourth-order valence-electron chi connectivity index (χ4n) is 4.06. The zero-order chi connectivity index (χ0) is 24.9. The van der Waals surface area contributed by atoms with Crippen molar-refractivity contribution in [2.24, 2.45) is 11.3 Å². The van der Waals surface area contributed by atoms with Crippen molar-refractivity contribution in [1.29, 1.82) is 0 Å². The van der Waals surface area contributed by atoms with E-state index in [2.05, 4.69) is 38.8 Å². The number of hydrogen-bond donors (Lipinski definition) is 0. The minimum atomic E-state index is -1.51. The van der Waals surface area contributed by atoms with Crippen LogP contribution in [0.4, 0.5) is 10.5 Å². The predicted octanol–water partition coefficient (Wildman–Crippen LogP) is 5.48. The molecule has 2 atom stereocenters. The van der Waals surface area contributed by atoms with Gasteiger partial charge in [-0.2, -0.15) is 0 Å². The zero-order valence-corrected chi connectivity index (χ0v) is 22.4. The predicted molar refractivity (Wildman–Crippen MR) is 135 cm³/mol. The summed E-state index contributed by atoms with van der Waals surface area (Å²) >= 11 is 1.66. The molecule has 0 spiro atoms. The molecule has 0 bridgehead atoms. The number of rotatable bonds is 8. The molecule has 34 heavy (non-hydrogen) atoms. The summed E-state index contributed by atoms with van der Waals surface area (Å²) in [6.07, 6.45) is 3.84. The van der Waals surface area contributed by atoms with Gasteiger partial charge in [0.15, 0.2) is 9.04 Å². The van der Waals surface area contributed by atoms with E-state index in [1.54, 1.807) is 41.2 Å². The first kappa shape index (κ1) is 26.2. The fourth-order valence-corrected chi connectivity index (χ4v) is 6.41. The maximum atomic E-state index is 13.4. The second kappa shape index (κ2) is 10.9. The Morgan fingerprint density at radius 3 is 2.44 bits per heavy atom. The van der Waals surface area contributed by atoms with E-state index in [9.17, 15) is 14.9 Å². The van der Waals surface area contributed by atoms with E-state index >= 15 is 0 Å². The van der Waals surface area contributed by atoms with E-state index in [4.69, 9.17) is 9.16 Å². The van der Waals surface area contributed by atoms with Gasteiger partial charge < -0.3 is 9.16 Å². The van der Waals surface area contributed by atoms with Gasteiger partial charge in [-0.05, 0) is 54.3 Å². The number of pyridine rings is 1. The van der Waals surface area contributed by atoms with Crippen LogP contribution in [0.5, 0.6) is 0 Å². The summed E-state index contributed by atoms with van der Waals surface area (Å²) in [5.41, 5.74) is -0.0488. The van der Waals surface area contributed by atoms with Gasteiger partial charge in [0.25, 0.3) is 5.69 Å². The molecule has 2 heterocycles. The van der Waals surface area contributed by atoms with Gasteiger partial charge in [-0.25, -0.2) is 4.79 Å². The summed E-state index contributed by atoms with van der Waals surface area (Å²) in [5, 5.41) is 10.9. The number of likely N-dealkylation sites (tertiary alicyclic amines) is 1. The Labute approximate surface area is 206 Å². The third kappa shape index (κ3) is 6.58. The molecule has 1 aromatic carbocycles. The second-order valence-electron chi connectivity index (χ2n) is 9.94. The van der Waals surface area contributed by atoms with Crippen LogP contribution in [0.3, 0.4) is 0 Å². The molecular formula is C24H33N3O5SSi. The van der Waals surface area contributed by atoms with Crippen molar-refractivity contribution in [2.45, 2.75) is 57.5 Å². The number of aromatic nitrogens is 1. The maximum Gasteiger partial charge on any atom is 0.412 e. The van der Waals surface area contributed by atoms with Crippen molar-refractivity contribution in [1.82, 2.24) is 9.88 Å². The molecule has 1 saturated heterocycles. The van der Waals surface area contributed by atoms with E-state index in [1.807, 2.05) is 12.1 Å². The highest BCUT2D eigenvalue weighted by Crippen LogP contribution is 2.45. The molecule has 0 unspecified atom stereocenters. The highest BCUT2D eigenvalue weighted by molar-refractivity contribution is 7.99. The summed E-state index contributed by atoms with van der Waals surface area (Å²) in [4.78, 5) is 30.8. The molecule has 1 fully saturated rings. The first-order chi connectivity index (χ1) is 16.0. The van der Waals surface area contributed by atoms with Crippen molar-refractivity contribution in [2.75, 3.05) is 12.3 Å². The van der Waals surface area contributed by atoms with Crippen LogP contribution in [0.25, 0.3) is 0 Å². The topological polar surface area (TPSA) is 94.8 Å². The number of hydrogen-bond acceptors (Lipinski definition) is 7. The molecule has 8 nitrogen and oxygen atoms in total. The summed E-state index contributed by atoms with van der Waals surface area (Å²) in [5.74, 6) is 0.853. The van der Waals surface area contributed by atoms with Gasteiger partial charge in [0.1, 0.15) is 12.3 Å². The molecule has 1 amide bonds. The molecule has 1 aromatic heterocycles. The van der Waals surface area contributed by atoms with Gasteiger partial charge in [0, 0.05) is 48.1 Å². The van der Waals surface area contributed by atoms with E-state index in [-0.39, 0.29) is 23.6 Å². The Balaban J connectivity index is 1.81. The van der Waals surface area contributed by atoms with Crippen molar-refractivity contribution in [3.8, 4) is 0 Å². The minimum Gasteiger partial charge on any atom is -0.444 e. The monoisotopic (exact) mass is 503 g/mol. The van der Waals surface area contributed by atoms with Gasteiger partial charge in [-0.15, -0.1) is 11.8 Å². The number of nitro benzene ring substituents is 1. The van der Waals surface area contributed by atoms with Gasteiger partial charge in [-0.1, -0.05) is 20.8 Å². The number of ether oxygens (including phenoxy) is 1. The first-order valence-corrected chi connectivity index (χ1v) is 15.2. The van der Waals surface area contributed by atoms with Crippen LogP contribution in [-0.4, -0.2) is 48.0 Å². The number of nitro groups is 1. The Morgan fingerprint density at radius 2 is 1.88 bits per heavy atom. The molecule has 10 heteroatoms. The SMILES string of the molecule is C[SiH](C)O[C@]1(CSc2ccncc2)C[C@H](C(C)(C)C)CN1C(=O)OCc1ccc([N+](=O)[O-])cc1. The van der Waals surface area contributed by atoms with Crippen LogP contribution in [-0.2, 0) is 15.8 Å². The van der Waals surface area contributed by atoms with Crippen LogP contribution >= 0.6 is 11.8 Å². The van der Waals surface area contributed by atoms with E-state index < -0.39 is 25.8 Å². The van der Waals surface area contributed by atoms with Crippen LogP contribution in [0, 0.1) is 21.4 Å². The average Bonchev–Trinajstić information content (AvgIpc) is 3.16. The number of non-ortho nitro benzene ring substituents is 1. The lowest BCUT2D eigenvalue weighted by atomic mass is 9.79. The van der Waals surface area contributed by atoms with Crippen LogP contribution in [0.15, 0.2) is 53.7 Å². The molecule has 1 aliphatic rings. The van der Waals surface area contributed by atoms with Crippen molar-refractivity contribution in [3.05, 3.63) is 64.5 Å². The van der Waals surface area contributed by atoms with Crippen molar-refractivity contribution in [3.63, 3.8) is 0 Å². The Hall–Kier alpha value is -2.43. The molecule has 0 aliphatic carbocycles. The number of thioether (sulfide) groups is 1. The molecule has 1 aliphatic heterocycles. The molecule has 184 valence electrons. The van der Waals surface area contributed by atoms with Crippen LogP contribution < -0.4 is 0 Å². The highest BCUT2D eigenvalue weighted by Gasteiger charge is 2.52.